The van der Waals surface area contributed by atoms with Crippen molar-refractivity contribution in [1.82, 2.24) is 19.9 Å². The summed E-state index contributed by atoms with van der Waals surface area (Å²) in [6, 6.07) is 8.21. The maximum absolute atomic E-state index is 12.7. The highest BCUT2D eigenvalue weighted by atomic mass is 32.1. The van der Waals surface area contributed by atoms with Crippen molar-refractivity contribution in [2.45, 2.75) is 26.9 Å². The number of anilines is 1. The minimum atomic E-state index is -0.738. The van der Waals surface area contributed by atoms with Crippen LogP contribution in [0.2, 0.25) is 0 Å². The van der Waals surface area contributed by atoms with Crippen molar-refractivity contribution in [2.24, 2.45) is 0 Å². The van der Waals surface area contributed by atoms with Crippen LogP contribution in [0.5, 0.6) is 0 Å². The van der Waals surface area contributed by atoms with Gasteiger partial charge in [-0.05, 0) is 37.3 Å². The fourth-order valence-electron chi connectivity index (χ4n) is 3.17. The third-order valence-electron chi connectivity index (χ3n) is 4.70. The van der Waals surface area contributed by atoms with Crippen LogP contribution in [-0.2, 0) is 17.9 Å². The van der Waals surface area contributed by atoms with Gasteiger partial charge in [-0.15, -0.1) is 11.3 Å². The number of hydrogen-bond acceptors (Lipinski definition) is 7. The predicted molar refractivity (Wildman–Crippen MR) is 120 cm³/mol. The van der Waals surface area contributed by atoms with Crippen LogP contribution in [0.4, 0.5) is 5.13 Å². The number of nitrogens with one attached hydrogen (secondary N) is 3. The molecule has 1 aromatic carbocycles. The molecule has 0 aliphatic carbocycles. The first-order valence-electron chi connectivity index (χ1n) is 9.73. The number of aryl methyl sites for hydroxylation is 1. The standard InChI is InChI=1S/C21H19N5O5S/c1-3-26-16-6-4-12(8-14(16)23-19(29)20(26)30)18(28)25-21-24-15(10-32-21)17-7-5-13(31-17)9-22-11(2)27/h4-8,10H,3,9H2,1-2H3,(H,22,27)(H,23,29)(H,24,25,28). The normalized spacial score (nSPS) is 10.9. The quantitative estimate of drug-likeness (QED) is 0.383. The van der Waals surface area contributed by atoms with Gasteiger partial charge >= 0.3 is 11.1 Å². The van der Waals surface area contributed by atoms with E-state index in [4.69, 9.17) is 4.42 Å². The number of benzene rings is 1. The van der Waals surface area contributed by atoms with Crippen LogP contribution in [0.3, 0.4) is 0 Å². The number of aromatic nitrogens is 3. The van der Waals surface area contributed by atoms with Gasteiger partial charge in [0.1, 0.15) is 11.5 Å². The molecule has 0 aliphatic rings. The lowest BCUT2D eigenvalue weighted by molar-refractivity contribution is -0.119. The molecule has 4 aromatic rings. The van der Waals surface area contributed by atoms with Crippen LogP contribution in [0, 0.1) is 0 Å². The van der Waals surface area contributed by atoms with E-state index in [2.05, 4.69) is 20.6 Å². The van der Waals surface area contributed by atoms with Crippen LogP contribution in [-0.4, -0.2) is 26.3 Å². The molecule has 10 nitrogen and oxygen atoms in total. The van der Waals surface area contributed by atoms with Gasteiger partial charge in [0, 0.05) is 24.4 Å². The van der Waals surface area contributed by atoms with E-state index in [9.17, 15) is 19.2 Å². The lowest BCUT2D eigenvalue weighted by Crippen LogP contribution is -2.36. The van der Waals surface area contributed by atoms with Crippen molar-refractivity contribution < 1.29 is 14.0 Å². The second kappa shape index (κ2) is 8.63. The summed E-state index contributed by atoms with van der Waals surface area (Å²) in [4.78, 5) is 54.4. The largest absolute Gasteiger partial charge is 0.458 e. The fraction of sp³-hybridized carbons (Fsp3) is 0.190. The number of H-pyrrole nitrogens is 1. The van der Waals surface area contributed by atoms with E-state index in [1.165, 1.54) is 28.9 Å². The lowest BCUT2D eigenvalue weighted by atomic mass is 10.1. The van der Waals surface area contributed by atoms with Gasteiger partial charge in [-0.1, -0.05) is 0 Å². The molecule has 3 N–H and O–H groups in total. The van der Waals surface area contributed by atoms with Crippen molar-refractivity contribution in [3.05, 3.63) is 67.7 Å². The summed E-state index contributed by atoms with van der Waals surface area (Å²) in [5.74, 6) is 0.540. The van der Waals surface area contributed by atoms with Crippen LogP contribution in [0.1, 0.15) is 30.0 Å². The zero-order chi connectivity index (χ0) is 22.8. The molecule has 3 aromatic heterocycles. The molecule has 164 valence electrons. The minimum Gasteiger partial charge on any atom is -0.458 e. The van der Waals surface area contributed by atoms with E-state index in [1.54, 1.807) is 36.6 Å². The number of furan rings is 1. The summed E-state index contributed by atoms with van der Waals surface area (Å²) in [6.45, 7) is 3.81. The maximum atomic E-state index is 12.7. The second-order valence-corrected chi connectivity index (χ2v) is 7.76. The highest BCUT2D eigenvalue weighted by Crippen LogP contribution is 2.27. The summed E-state index contributed by atoms with van der Waals surface area (Å²) in [7, 11) is 0. The van der Waals surface area contributed by atoms with E-state index in [1.807, 2.05) is 0 Å². The third kappa shape index (κ3) is 4.23. The Kier molecular flexibility index (Phi) is 5.73. The summed E-state index contributed by atoms with van der Waals surface area (Å²) < 4.78 is 7.02. The molecule has 0 radical (unpaired) electrons. The van der Waals surface area contributed by atoms with Gasteiger partial charge in [0.15, 0.2) is 10.9 Å². The zero-order valence-electron chi connectivity index (χ0n) is 17.2. The Labute approximate surface area is 184 Å². The first-order valence-corrected chi connectivity index (χ1v) is 10.6. The summed E-state index contributed by atoms with van der Waals surface area (Å²) >= 11 is 1.23. The van der Waals surface area contributed by atoms with E-state index in [-0.39, 0.29) is 12.5 Å². The molecule has 4 rings (SSSR count). The summed E-state index contributed by atoms with van der Waals surface area (Å²) in [6.07, 6.45) is 0. The van der Waals surface area contributed by atoms with Gasteiger partial charge in [0.05, 0.1) is 17.6 Å². The summed E-state index contributed by atoms with van der Waals surface area (Å²) in [5.41, 5.74) is 0.420. The first kappa shape index (κ1) is 21.2. The van der Waals surface area contributed by atoms with Gasteiger partial charge in [0.25, 0.3) is 5.91 Å². The van der Waals surface area contributed by atoms with E-state index < -0.39 is 17.0 Å². The average Bonchev–Trinajstić information content (AvgIpc) is 3.42. The van der Waals surface area contributed by atoms with Crippen molar-refractivity contribution in [3.63, 3.8) is 0 Å². The van der Waals surface area contributed by atoms with Gasteiger partial charge in [-0.3, -0.25) is 24.5 Å². The smallest absolute Gasteiger partial charge is 0.316 e. The molecule has 0 saturated heterocycles. The zero-order valence-corrected chi connectivity index (χ0v) is 18.0. The summed E-state index contributed by atoms with van der Waals surface area (Å²) in [5, 5.41) is 7.49. The number of aromatic amines is 1. The Morgan fingerprint density at radius 1 is 1.22 bits per heavy atom. The number of rotatable bonds is 6. The molecular formula is C21H19N5O5S. The molecule has 0 aliphatic heterocycles. The van der Waals surface area contributed by atoms with Crippen LogP contribution < -0.4 is 21.8 Å². The number of carbonyl (C=O) groups is 2. The fourth-order valence-corrected chi connectivity index (χ4v) is 3.87. The SMILES string of the molecule is CCn1c(=O)c(=O)[nH]c2cc(C(=O)Nc3nc(-c4ccc(CNC(C)=O)o4)cs3)ccc21. The molecular weight excluding hydrogens is 434 g/mol. The number of fused-ring (bicyclic) bond motifs is 1. The molecule has 3 heterocycles. The molecule has 11 heteroatoms. The Morgan fingerprint density at radius 3 is 2.78 bits per heavy atom. The van der Waals surface area contributed by atoms with Crippen molar-refractivity contribution in [3.8, 4) is 11.5 Å². The number of hydrogen-bond donors (Lipinski definition) is 3. The minimum absolute atomic E-state index is 0.155. The third-order valence-corrected chi connectivity index (χ3v) is 5.46. The molecule has 0 saturated carbocycles. The van der Waals surface area contributed by atoms with Crippen LogP contribution in [0.15, 0.2) is 49.7 Å². The number of thiazole rings is 1. The van der Waals surface area contributed by atoms with Gasteiger partial charge in [-0.25, -0.2) is 4.98 Å². The Hall–Kier alpha value is -3.99. The van der Waals surface area contributed by atoms with E-state index in [0.717, 1.165) is 0 Å². The van der Waals surface area contributed by atoms with Crippen LogP contribution in [0.25, 0.3) is 22.5 Å². The predicted octanol–water partition coefficient (Wildman–Crippen LogP) is 2.31. The van der Waals surface area contributed by atoms with Crippen molar-refractivity contribution in [1.29, 1.82) is 0 Å². The van der Waals surface area contributed by atoms with Gasteiger partial charge < -0.3 is 19.3 Å². The number of amides is 2. The average molecular weight is 453 g/mol. The highest BCUT2D eigenvalue weighted by Gasteiger charge is 2.14. The van der Waals surface area contributed by atoms with Gasteiger partial charge in [0.2, 0.25) is 5.91 Å². The molecule has 32 heavy (non-hydrogen) atoms. The Bertz CT molecular complexity index is 1440. The first-order chi connectivity index (χ1) is 15.4. The molecule has 2 amide bonds. The van der Waals surface area contributed by atoms with E-state index in [0.29, 0.717) is 45.5 Å². The topological polar surface area (TPSA) is 139 Å². The molecule has 0 unspecified atom stereocenters. The second-order valence-electron chi connectivity index (χ2n) is 6.90. The van der Waals surface area contributed by atoms with Gasteiger partial charge in [-0.2, -0.15) is 0 Å². The molecule has 0 bridgehead atoms. The molecule has 0 spiro atoms. The van der Waals surface area contributed by atoms with Crippen LogP contribution >= 0.6 is 11.3 Å². The van der Waals surface area contributed by atoms with E-state index >= 15 is 0 Å². The maximum Gasteiger partial charge on any atom is 0.316 e. The number of carbonyl (C=O) groups excluding carboxylic acids is 2. The Morgan fingerprint density at radius 2 is 2.03 bits per heavy atom. The van der Waals surface area contributed by atoms with Crippen molar-refractivity contribution in [2.75, 3.05) is 5.32 Å². The number of nitrogens with zero attached hydrogens (tertiary/aromatic N) is 2. The van der Waals surface area contributed by atoms with Crippen molar-refractivity contribution >= 4 is 39.3 Å². The Balaban J connectivity index is 1.52. The molecule has 0 fully saturated rings. The molecule has 0 atom stereocenters. The monoisotopic (exact) mass is 453 g/mol. The lowest BCUT2D eigenvalue weighted by Gasteiger charge is -2.08. The highest BCUT2D eigenvalue weighted by molar-refractivity contribution is 7.14.